The van der Waals surface area contributed by atoms with Crippen LogP contribution < -0.4 is 5.32 Å². The Hall–Kier alpha value is -1.69. The standard InChI is InChI=1S/C20H24ClN3O2/c21-16-6-14-2-1-5-22-20(14)15(7-16)10-23-17-8-18(9-17)24(12-19(25)26)11-13-3-4-13/h1-2,5-7,13,17-18,23H,3-4,8-12H2,(H,25,26). The van der Waals surface area contributed by atoms with E-state index in [1.807, 2.05) is 24.3 Å². The number of aromatic nitrogens is 1. The van der Waals surface area contributed by atoms with Crippen molar-refractivity contribution >= 4 is 28.5 Å². The number of aliphatic carboxylic acids is 1. The van der Waals surface area contributed by atoms with Crippen LogP contribution in [0.2, 0.25) is 5.02 Å². The molecule has 0 radical (unpaired) electrons. The van der Waals surface area contributed by atoms with E-state index in [1.165, 1.54) is 12.8 Å². The van der Waals surface area contributed by atoms with Crippen LogP contribution in [0.1, 0.15) is 31.2 Å². The lowest BCUT2D eigenvalue weighted by Crippen LogP contribution is -2.54. The summed E-state index contributed by atoms with van der Waals surface area (Å²) in [4.78, 5) is 17.8. The van der Waals surface area contributed by atoms with Crippen molar-refractivity contribution in [2.45, 2.75) is 44.3 Å². The van der Waals surface area contributed by atoms with Gasteiger partial charge in [0.05, 0.1) is 12.1 Å². The second-order valence-corrected chi connectivity index (χ2v) is 8.05. The molecule has 0 saturated heterocycles. The first-order chi connectivity index (χ1) is 12.6. The summed E-state index contributed by atoms with van der Waals surface area (Å²) in [7, 11) is 0. The van der Waals surface area contributed by atoms with Gasteiger partial charge in [-0.15, -0.1) is 0 Å². The summed E-state index contributed by atoms with van der Waals surface area (Å²) in [6, 6.07) is 8.67. The van der Waals surface area contributed by atoms with Gasteiger partial charge in [-0.05, 0) is 55.4 Å². The van der Waals surface area contributed by atoms with Crippen LogP contribution in [0.3, 0.4) is 0 Å². The van der Waals surface area contributed by atoms with Gasteiger partial charge < -0.3 is 10.4 Å². The Balaban J connectivity index is 1.33. The minimum Gasteiger partial charge on any atom is -0.480 e. The maximum atomic E-state index is 11.1. The molecule has 0 spiro atoms. The summed E-state index contributed by atoms with van der Waals surface area (Å²) in [5.41, 5.74) is 2.10. The van der Waals surface area contributed by atoms with Crippen molar-refractivity contribution in [1.29, 1.82) is 0 Å². The number of nitrogens with zero attached hydrogens (tertiary/aromatic N) is 2. The van der Waals surface area contributed by atoms with Crippen LogP contribution >= 0.6 is 11.6 Å². The van der Waals surface area contributed by atoms with E-state index in [4.69, 9.17) is 16.7 Å². The fraction of sp³-hybridized carbons (Fsp3) is 0.500. The largest absolute Gasteiger partial charge is 0.480 e. The van der Waals surface area contributed by atoms with E-state index >= 15 is 0 Å². The van der Waals surface area contributed by atoms with Crippen molar-refractivity contribution in [3.8, 4) is 0 Å². The molecule has 2 aromatic rings. The molecule has 2 aliphatic rings. The molecule has 1 aromatic carbocycles. The Kier molecular flexibility index (Phi) is 5.11. The first-order valence-corrected chi connectivity index (χ1v) is 9.68. The highest BCUT2D eigenvalue weighted by Crippen LogP contribution is 2.34. The number of carboxylic acids is 1. The highest BCUT2D eigenvalue weighted by Gasteiger charge is 2.36. The molecule has 0 aliphatic heterocycles. The average molecular weight is 374 g/mol. The van der Waals surface area contributed by atoms with Crippen molar-refractivity contribution in [1.82, 2.24) is 15.2 Å². The molecular formula is C20H24ClN3O2. The number of benzene rings is 1. The number of halogens is 1. The Morgan fingerprint density at radius 1 is 1.35 bits per heavy atom. The molecule has 0 amide bonds. The van der Waals surface area contributed by atoms with Crippen LogP contribution in [0.4, 0.5) is 0 Å². The second-order valence-electron chi connectivity index (χ2n) is 7.61. The van der Waals surface area contributed by atoms with E-state index in [9.17, 15) is 4.79 Å². The Labute approximate surface area is 158 Å². The summed E-state index contributed by atoms with van der Waals surface area (Å²) < 4.78 is 0. The average Bonchev–Trinajstić information content (AvgIpc) is 3.36. The maximum absolute atomic E-state index is 11.1. The lowest BCUT2D eigenvalue weighted by Gasteiger charge is -2.43. The smallest absolute Gasteiger partial charge is 0.317 e. The fourth-order valence-corrected chi connectivity index (χ4v) is 4.07. The first kappa shape index (κ1) is 17.7. The molecule has 2 N–H and O–H groups in total. The van der Waals surface area contributed by atoms with Crippen molar-refractivity contribution in [3.05, 3.63) is 41.0 Å². The molecular weight excluding hydrogens is 350 g/mol. The van der Waals surface area contributed by atoms with Gasteiger partial charge in [0, 0.05) is 41.8 Å². The molecule has 2 fully saturated rings. The quantitative estimate of drug-likeness (QED) is 0.743. The van der Waals surface area contributed by atoms with E-state index in [-0.39, 0.29) is 6.54 Å². The summed E-state index contributed by atoms with van der Waals surface area (Å²) >= 11 is 6.24. The lowest BCUT2D eigenvalue weighted by molar-refractivity contribution is -0.139. The van der Waals surface area contributed by atoms with Gasteiger partial charge in [-0.3, -0.25) is 14.7 Å². The fourth-order valence-electron chi connectivity index (χ4n) is 3.82. The molecule has 2 aliphatic carbocycles. The number of carboxylic acid groups (broad SMARTS) is 1. The summed E-state index contributed by atoms with van der Waals surface area (Å²) in [6.07, 6.45) is 6.32. The van der Waals surface area contributed by atoms with Crippen molar-refractivity contribution < 1.29 is 9.90 Å². The summed E-state index contributed by atoms with van der Waals surface area (Å²) in [5, 5.41) is 14.5. The number of fused-ring (bicyclic) bond motifs is 1. The van der Waals surface area contributed by atoms with Gasteiger partial charge in [-0.25, -0.2) is 0 Å². The summed E-state index contributed by atoms with van der Waals surface area (Å²) in [6.45, 7) is 1.83. The highest BCUT2D eigenvalue weighted by atomic mass is 35.5. The molecule has 138 valence electrons. The molecule has 2 saturated carbocycles. The van der Waals surface area contributed by atoms with E-state index in [0.717, 1.165) is 47.4 Å². The number of rotatable bonds is 8. The molecule has 1 aromatic heterocycles. The molecule has 4 rings (SSSR count). The number of nitrogens with one attached hydrogen (secondary N) is 1. The minimum absolute atomic E-state index is 0.163. The van der Waals surface area contributed by atoms with Gasteiger partial charge in [0.15, 0.2) is 0 Å². The van der Waals surface area contributed by atoms with Crippen LogP contribution in [0.25, 0.3) is 10.9 Å². The number of hydrogen-bond donors (Lipinski definition) is 2. The second kappa shape index (κ2) is 7.51. The number of carbonyl (C=O) groups is 1. The van der Waals surface area contributed by atoms with Crippen molar-refractivity contribution in [2.75, 3.05) is 13.1 Å². The van der Waals surface area contributed by atoms with Crippen LogP contribution in [-0.2, 0) is 11.3 Å². The van der Waals surface area contributed by atoms with Crippen molar-refractivity contribution in [3.63, 3.8) is 0 Å². The Morgan fingerprint density at radius 3 is 2.88 bits per heavy atom. The SMILES string of the molecule is O=C(O)CN(CC1CC1)C1CC(NCc2cc(Cl)cc3cccnc23)C1. The third kappa shape index (κ3) is 4.17. The molecule has 1 heterocycles. The van der Waals surface area contributed by atoms with Crippen molar-refractivity contribution in [2.24, 2.45) is 5.92 Å². The van der Waals surface area contributed by atoms with Gasteiger partial charge in [-0.1, -0.05) is 17.7 Å². The monoisotopic (exact) mass is 373 g/mol. The third-order valence-corrected chi connectivity index (χ3v) is 5.71. The molecule has 5 nitrogen and oxygen atoms in total. The van der Waals surface area contributed by atoms with E-state index in [0.29, 0.717) is 18.0 Å². The normalized spacial score (nSPS) is 22.5. The van der Waals surface area contributed by atoms with E-state index in [2.05, 4.69) is 15.2 Å². The molecule has 6 heteroatoms. The number of hydrogen-bond acceptors (Lipinski definition) is 4. The van der Waals surface area contributed by atoms with Crippen LogP contribution in [0.5, 0.6) is 0 Å². The zero-order valence-corrected chi connectivity index (χ0v) is 15.5. The van der Waals surface area contributed by atoms with Crippen LogP contribution in [-0.4, -0.2) is 46.1 Å². The highest BCUT2D eigenvalue weighted by molar-refractivity contribution is 6.31. The Bertz CT molecular complexity index is 803. The molecule has 26 heavy (non-hydrogen) atoms. The van der Waals surface area contributed by atoms with Gasteiger partial charge in [-0.2, -0.15) is 0 Å². The molecule has 0 unspecified atom stereocenters. The summed E-state index contributed by atoms with van der Waals surface area (Å²) in [5.74, 6) is -0.0104. The predicted octanol–water partition coefficient (Wildman–Crippen LogP) is 3.31. The third-order valence-electron chi connectivity index (χ3n) is 5.49. The Morgan fingerprint density at radius 2 is 2.15 bits per heavy atom. The zero-order valence-electron chi connectivity index (χ0n) is 14.7. The topological polar surface area (TPSA) is 65.5 Å². The van der Waals surface area contributed by atoms with Gasteiger partial charge in [0.25, 0.3) is 0 Å². The molecule has 0 atom stereocenters. The lowest BCUT2D eigenvalue weighted by atomic mass is 9.85. The minimum atomic E-state index is -0.724. The van der Waals surface area contributed by atoms with Gasteiger partial charge in [0.2, 0.25) is 0 Å². The van der Waals surface area contributed by atoms with Crippen LogP contribution in [0, 0.1) is 5.92 Å². The van der Waals surface area contributed by atoms with E-state index in [1.54, 1.807) is 6.20 Å². The number of pyridine rings is 1. The first-order valence-electron chi connectivity index (χ1n) is 9.31. The maximum Gasteiger partial charge on any atom is 0.317 e. The van der Waals surface area contributed by atoms with Gasteiger partial charge in [0.1, 0.15) is 0 Å². The van der Waals surface area contributed by atoms with Gasteiger partial charge >= 0.3 is 5.97 Å². The van der Waals surface area contributed by atoms with Crippen LogP contribution in [0.15, 0.2) is 30.5 Å². The predicted molar refractivity (Wildman–Crippen MR) is 102 cm³/mol. The zero-order chi connectivity index (χ0) is 18.1. The van der Waals surface area contributed by atoms with E-state index < -0.39 is 5.97 Å². The molecule has 0 bridgehead atoms.